The van der Waals surface area contributed by atoms with Crippen molar-refractivity contribution in [3.8, 4) is 22.6 Å². The van der Waals surface area contributed by atoms with E-state index in [1.807, 2.05) is 0 Å². The number of aromatic hydroxyl groups is 1. The van der Waals surface area contributed by atoms with Crippen LogP contribution in [0, 0.1) is 12.4 Å². The van der Waals surface area contributed by atoms with Gasteiger partial charge in [0.1, 0.15) is 17.3 Å². The smallest absolute Gasteiger partial charge is 0.261 e. The predicted molar refractivity (Wildman–Crippen MR) is 107 cm³/mol. The van der Waals surface area contributed by atoms with E-state index in [1.165, 1.54) is 45.2 Å². The predicted octanol–water partition coefficient (Wildman–Crippen LogP) is 2.57. The number of phenolic OH excluding ortho intramolecular Hbond substituents is 1. The normalized spacial score (nSPS) is 11.7. The van der Waals surface area contributed by atoms with Gasteiger partial charge in [0.15, 0.2) is 11.6 Å². The van der Waals surface area contributed by atoms with Gasteiger partial charge in [-0.25, -0.2) is 9.24 Å². The molecule has 9 heteroatoms. The number of hydrogen-bond donors (Lipinski definition) is 4. The number of carbonyl (C=O) groups excluding carboxylic acids is 1. The molecule has 0 saturated carbocycles. The van der Waals surface area contributed by atoms with E-state index in [1.54, 1.807) is 0 Å². The Bertz CT molecular complexity index is 1010. The minimum Gasteiger partial charge on any atom is -0.507 e. The van der Waals surface area contributed by atoms with E-state index >= 15 is 0 Å². The maximum absolute atomic E-state index is 13.9. The average Bonchev–Trinajstić information content (AvgIpc) is 2.65. The molecular weight excluding hydrogens is 379 g/mol. The lowest BCUT2D eigenvalue weighted by atomic mass is 9.95. The fraction of sp³-hybridized carbons (Fsp3) is 0.250. The summed E-state index contributed by atoms with van der Waals surface area (Å²) in [5.74, 6) is -1.99. The van der Waals surface area contributed by atoms with E-state index < -0.39 is 23.1 Å². The van der Waals surface area contributed by atoms with Gasteiger partial charge in [-0.3, -0.25) is 15.1 Å². The minimum absolute atomic E-state index is 0.00357. The molecule has 0 unspecified atom stereocenters. The highest BCUT2D eigenvalue weighted by Gasteiger charge is 2.24. The number of nitrogens with zero attached hydrogens (tertiary/aromatic N) is 2. The molecule has 2 aromatic carbocycles. The van der Waals surface area contributed by atoms with E-state index in [9.17, 15) is 19.4 Å². The van der Waals surface area contributed by atoms with Crippen LogP contribution in [0.3, 0.4) is 0 Å². The number of guanidine groups is 1. The molecule has 0 spiro atoms. The van der Waals surface area contributed by atoms with Crippen LogP contribution in [0.5, 0.6) is 11.5 Å². The number of carbonyl (C=O) groups is 1. The summed E-state index contributed by atoms with van der Waals surface area (Å²) in [6.45, 7) is 10.4. The van der Waals surface area contributed by atoms with Crippen molar-refractivity contribution in [2.45, 2.75) is 19.4 Å². The zero-order valence-electron chi connectivity index (χ0n) is 16.2. The van der Waals surface area contributed by atoms with Gasteiger partial charge in [-0.1, -0.05) is 6.07 Å². The number of methoxy groups -OCH3 is 1. The number of nitrogens with two attached hydrogens (primary N) is 1. The van der Waals surface area contributed by atoms with Crippen molar-refractivity contribution in [3.05, 3.63) is 53.1 Å². The third-order valence-corrected chi connectivity index (χ3v) is 3.82. The van der Waals surface area contributed by atoms with Crippen LogP contribution < -0.4 is 15.8 Å². The quantitative estimate of drug-likeness (QED) is 0.349. The molecule has 0 aliphatic rings. The third kappa shape index (κ3) is 5.21. The Morgan fingerprint density at radius 2 is 2.07 bits per heavy atom. The lowest BCUT2D eigenvalue weighted by Crippen LogP contribution is -2.38. The standard InChI is InChI=1S/C20H21FN4O4/c1-20(2,28)10-24-19(22)25-18(27)17-14(26)7-6-13(23-3)16(17)12-9-11(21)5-8-15(12)29-4/h5-9,26,28H,10H2,1-2,4H3,(H3,22,24,25,27). The number of nitrogens with one attached hydrogen (secondary N) is 1. The summed E-state index contributed by atoms with van der Waals surface area (Å²) in [6.07, 6.45) is 0. The van der Waals surface area contributed by atoms with Crippen LogP contribution in [-0.2, 0) is 0 Å². The van der Waals surface area contributed by atoms with Gasteiger partial charge in [0, 0.05) is 11.1 Å². The molecule has 0 saturated heterocycles. The first-order valence-electron chi connectivity index (χ1n) is 8.48. The van der Waals surface area contributed by atoms with E-state index in [4.69, 9.17) is 17.0 Å². The van der Waals surface area contributed by atoms with E-state index in [0.29, 0.717) is 0 Å². The summed E-state index contributed by atoms with van der Waals surface area (Å²) < 4.78 is 19.1. The highest BCUT2D eigenvalue weighted by Crippen LogP contribution is 2.42. The molecule has 5 N–H and O–H groups in total. The van der Waals surface area contributed by atoms with Crippen molar-refractivity contribution < 1.29 is 24.1 Å². The monoisotopic (exact) mass is 400 g/mol. The number of ether oxygens (including phenoxy) is 1. The minimum atomic E-state index is -1.14. The Morgan fingerprint density at radius 1 is 1.38 bits per heavy atom. The summed E-state index contributed by atoms with van der Waals surface area (Å²) in [5.41, 5.74) is 4.37. The van der Waals surface area contributed by atoms with Gasteiger partial charge >= 0.3 is 0 Å². The molecule has 0 bridgehead atoms. The second-order valence-corrected chi connectivity index (χ2v) is 6.78. The summed E-state index contributed by atoms with van der Waals surface area (Å²) in [4.78, 5) is 20.1. The highest BCUT2D eigenvalue weighted by atomic mass is 19.1. The Morgan fingerprint density at radius 3 is 2.66 bits per heavy atom. The first kappa shape index (κ1) is 21.7. The molecule has 152 valence electrons. The number of halogens is 1. The van der Waals surface area contributed by atoms with Gasteiger partial charge in [-0.05, 0) is 38.1 Å². The van der Waals surface area contributed by atoms with Crippen LogP contribution in [0.25, 0.3) is 16.0 Å². The Balaban J connectivity index is 2.61. The number of rotatable bonds is 5. The van der Waals surface area contributed by atoms with Crippen LogP contribution in [0.2, 0.25) is 0 Å². The summed E-state index contributed by atoms with van der Waals surface area (Å²) in [7, 11) is 1.36. The van der Waals surface area contributed by atoms with Gasteiger partial charge in [-0.2, -0.15) is 0 Å². The molecule has 2 rings (SSSR count). The van der Waals surface area contributed by atoms with Crippen LogP contribution in [0.1, 0.15) is 24.2 Å². The molecule has 0 atom stereocenters. The fourth-order valence-corrected chi connectivity index (χ4v) is 2.55. The molecule has 0 heterocycles. The zero-order valence-corrected chi connectivity index (χ0v) is 16.2. The van der Waals surface area contributed by atoms with E-state index in [-0.39, 0.29) is 40.6 Å². The van der Waals surface area contributed by atoms with Crippen LogP contribution >= 0.6 is 0 Å². The largest absolute Gasteiger partial charge is 0.507 e. The second-order valence-electron chi connectivity index (χ2n) is 6.78. The van der Waals surface area contributed by atoms with Crippen LogP contribution in [-0.4, -0.2) is 41.3 Å². The van der Waals surface area contributed by atoms with Gasteiger partial charge in [0.25, 0.3) is 5.91 Å². The summed E-state index contributed by atoms with van der Waals surface area (Å²) >= 11 is 0. The SMILES string of the molecule is [C-]#[N+]c1ccc(O)c(C(=O)NC(N)=NCC(C)(C)O)c1-c1cc(F)ccc1OC. The van der Waals surface area contributed by atoms with E-state index in [0.717, 1.165) is 6.07 Å². The van der Waals surface area contributed by atoms with Gasteiger partial charge in [0.05, 0.1) is 31.4 Å². The maximum atomic E-state index is 13.9. The molecule has 0 radical (unpaired) electrons. The topological polar surface area (TPSA) is 122 Å². The molecule has 1 amide bonds. The van der Waals surface area contributed by atoms with Crippen LogP contribution in [0.15, 0.2) is 35.3 Å². The number of aliphatic imine (C=N–C) groups is 1. The molecule has 0 aliphatic heterocycles. The van der Waals surface area contributed by atoms with Crippen molar-refractivity contribution in [2.24, 2.45) is 10.7 Å². The molecule has 8 nitrogen and oxygen atoms in total. The molecule has 2 aromatic rings. The van der Waals surface area contributed by atoms with Crippen LogP contribution in [0.4, 0.5) is 10.1 Å². The average molecular weight is 400 g/mol. The number of aliphatic hydroxyl groups is 1. The van der Waals surface area contributed by atoms with Gasteiger partial charge in [0.2, 0.25) is 0 Å². The lowest BCUT2D eigenvalue weighted by molar-refractivity contribution is 0.0896. The number of phenols is 1. The van der Waals surface area contributed by atoms with Crippen molar-refractivity contribution >= 4 is 17.6 Å². The number of hydrogen-bond acceptors (Lipinski definition) is 5. The maximum Gasteiger partial charge on any atom is 0.261 e. The Kier molecular flexibility index (Phi) is 6.41. The first-order valence-corrected chi connectivity index (χ1v) is 8.48. The number of benzene rings is 2. The molecule has 0 fully saturated rings. The second kappa shape index (κ2) is 8.58. The lowest BCUT2D eigenvalue weighted by Gasteiger charge is -2.17. The molecule has 0 aromatic heterocycles. The van der Waals surface area contributed by atoms with Crippen molar-refractivity contribution in [1.29, 1.82) is 0 Å². The molecule has 29 heavy (non-hydrogen) atoms. The van der Waals surface area contributed by atoms with E-state index in [2.05, 4.69) is 15.2 Å². The zero-order chi connectivity index (χ0) is 21.8. The third-order valence-electron chi connectivity index (χ3n) is 3.82. The van der Waals surface area contributed by atoms with Gasteiger partial charge in [-0.15, -0.1) is 0 Å². The Hall–Kier alpha value is -3.64. The van der Waals surface area contributed by atoms with Crippen molar-refractivity contribution in [2.75, 3.05) is 13.7 Å². The fourth-order valence-electron chi connectivity index (χ4n) is 2.55. The van der Waals surface area contributed by atoms with Crippen molar-refractivity contribution in [1.82, 2.24) is 5.32 Å². The Labute approximate surface area is 167 Å². The highest BCUT2D eigenvalue weighted by molar-refractivity contribution is 6.12. The summed E-state index contributed by atoms with van der Waals surface area (Å²) in [6, 6.07) is 6.12. The molecule has 0 aliphatic carbocycles. The summed E-state index contributed by atoms with van der Waals surface area (Å²) in [5, 5.41) is 22.3. The number of amides is 1. The van der Waals surface area contributed by atoms with Crippen molar-refractivity contribution in [3.63, 3.8) is 0 Å². The van der Waals surface area contributed by atoms with Gasteiger partial charge < -0.3 is 20.7 Å². The first-order chi connectivity index (χ1) is 13.6. The molecular formula is C20H21FN4O4.